The van der Waals surface area contributed by atoms with Crippen molar-refractivity contribution in [1.82, 2.24) is 4.98 Å². The predicted molar refractivity (Wildman–Crippen MR) is 112 cm³/mol. The molecule has 1 heterocycles. The van der Waals surface area contributed by atoms with Crippen LogP contribution in [0, 0.1) is 0 Å². The molecular weight excluding hydrogens is 370 g/mol. The molecule has 4 heteroatoms. The molecule has 0 fully saturated rings. The summed E-state index contributed by atoms with van der Waals surface area (Å²) in [7, 11) is 0. The molecule has 3 nitrogen and oxygen atoms in total. The van der Waals surface area contributed by atoms with Crippen LogP contribution in [0.3, 0.4) is 0 Å². The highest BCUT2D eigenvalue weighted by Crippen LogP contribution is 2.46. The molecule has 28 heavy (non-hydrogen) atoms. The van der Waals surface area contributed by atoms with Crippen LogP contribution in [0.1, 0.15) is 11.1 Å². The predicted octanol–water partition coefficient (Wildman–Crippen LogP) is 6.05. The van der Waals surface area contributed by atoms with Crippen LogP contribution >= 0.6 is 11.6 Å². The number of aromatic hydroxyl groups is 2. The fourth-order valence-corrected chi connectivity index (χ4v) is 4.12. The average molecular weight is 386 g/mol. The molecule has 0 radical (unpaired) electrons. The summed E-state index contributed by atoms with van der Waals surface area (Å²) in [6.45, 7) is 0. The molecule has 1 aliphatic rings. The van der Waals surface area contributed by atoms with Gasteiger partial charge in [0.2, 0.25) is 0 Å². The second-order valence-corrected chi connectivity index (χ2v) is 7.27. The molecule has 3 aromatic carbocycles. The smallest absolute Gasteiger partial charge is 0.124 e. The molecular formula is C24H16ClNO2. The monoisotopic (exact) mass is 385 g/mol. The first-order valence-electron chi connectivity index (χ1n) is 9.02. The summed E-state index contributed by atoms with van der Waals surface area (Å²) in [6, 6.07) is 22.3. The van der Waals surface area contributed by atoms with Gasteiger partial charge in [-0.3, -0.25) is 0 Å². The van der Waals surface area contributed by atoms with Crippen molar-refractivity contribution in [3.8, 4) is 45.1 Å². The maximum absolute atomic E-state index is 10.4. The van der Waals surface area contributed by atoms with E-state index < -0.39 is 0 Å². The van der Waals surface area contributed by atoms with Gasteiger partial charge < -0.3 is 10.2 Å². The Bertz CT molecular complexity index is 1230. The van der Waals surface area contributed by atoms with E-state index in [0.29, 0.717) is 22.7 Å². The van der Waals surface area contributed by atoms with E-state index in [1.54, 1.807) is 18.2 Å². The number of rotatable bonds is 2. The Morgan fingerprint density at radius 2 is 1.36 bits per heavy atom. The van der Waals surface area contributed by atoms with Crippen molar-refractivity contribution in [3.05, 3.63) is 88.9 Å². The second-order valence-electron chi connectivity index (χ2n) is 6.86. The SMILES string of the molecule is Oc1ccccc1-c1cc(-c2ccccc2Cl)c2c(n1)-c1cccc(O)c1C2. The number of nitrogens with zero attached hydrogens (tertiary/aromatic N) is 1. The van der Waals surface area contributed by atoms with Gasteiger partial charge >= 0.3 is 0 Å². The zero-order chi connectivity index (χ0) is 19.3. The minimum atomic E-state index is 0.175. The van der Waals surface area contributed by atoms with Gasteiger partial charge in [-0.25, -0.2) is 4.98 Å². The topological polar surface area (TPSA) is 53.4 Å². The number of aromatic nitrogens is 1. The van der Waals surface area contributed by atoms with Gasteiger partial charge in [-0.1, -0.05) is 54.1 Å². The van der Waals surface area contributed by atoms with Crippen molar-refractivity contribution in [1.29, 1.82) is 0 Å². The summed E-state index contributed by atoms with van der Waals surface area (Å²) in [6.07, 6.45) is 0.589. The number of phenolic OH excluding ortho intramolecular Hbond substituents is 2. The maximum atomic E-state index is 10.4. The quantitative estimate of drug-likeness (QED) is 0.389. The van der Waals surface area contributed by atoms with Gasteiger partial charge in [0.15, 0.2) is 0 Å². The highest BCUT2D eigenvalue weighted by molar-refractivity contribution is 6.33. The van der Waals surface area contributed by atoms with Crippen molar-refractivity contribution < 1.29 is 10.2 Å². The van der Waals surface area contributed by atoms with Crippen LogP contribution in [0.15, 0.2) is 72.8 Å². The van der Waals surface area contributed by atoms with Crippen LogP contribution in [0.2, 0.25) is 5.02 Å². The summed E-state index contributed by atoms with van der Waals surface area (Å²) < 4.78 is 0. The molecule has 5 rings (SSSR count). The van der Waals surface area contributed by atoms with Crippen molar-refractivity contribution in [2.45, 2.75) is 6.42 Å². The molecule has 0 atom stereocenters. The Morgan fingerprint density at radius 1 is 0.679 bits per heavy atom. The van der Waals surface area contributed by atoms with Gasteiger partial charge in [0.25, 0.3) is 0 Å². The zero-order valence-corrected chi connectivity index (χ0v) is 15.6. The summed E-state index contributed by atoms with van der Waals surface area (Å²) in [5, 5.41) is 21.4. The van der Waals surface area contributed by atoms with Crippen LogP contribution in [-0.2, 0) is 6.42 Å². The lowest BCUT2D eigenvalue weighted by molar-refractivity contribution is 0.470. The Kier molecular flexibility index (Phi) is 3.85. The van der Waals surface area contributed by atoms with E-state index in [1.165, 1.54) is 0 Å². The van der Waals surface area contributed by atoms with Crippen molar-refractivity contribution in [2.24, 2.45) is 0 Å². The molecule has 0 aliphatic heterocycles. The standard InChI is InChI=1S/C24H16ClNO2/c25-20-9-3-1-6-14(20)17-13-21(16-7-2-4-10-22(16)27)26-24-15-8-5-11-23(28)18(15)12-19(17)24/h1-11,13,27-28H,12H2. The number of hydrogen-bond donors (Lipinski definition) is 2. The molecule has 1 aliphatic carbocycles. The van der Waals surface area contributed by atoms with Crippen LogP contribution in [-0.4, -0.2) is 15.2 Å². The molecule has 4 aromatic rings. The third-order valence-corrected chi connectivity index (χ3v) is 5.56. The van der Waals surface area contributed by atoms with Crippen molar-refractivity contribution in [3.63, 3.8) is 0 Å². The normalized spacial score (nSPS) is 11.9. The van der Waals surface area contributed by atoms with Gasteiger partial charge in [0, 0.05) is 33.7 Å². The summed E-state index contributed by atoms with van der Waals surface area (Å²) >= 11 is 6.51. The number of hydrogen-bond acceptors (Lipinski definition) is 3. The lowest BCUT2D eigenvalue weighted by atomic mass is 9.96. The lowest BCUT2D eigenvalue weighted by Gasteiger charge is -2.14. The van der Waals surface area contributed by atoms with Crippen LogP contribution in [0.25, 0.3) is 33.6 Å². The number of benzene rings is 3. The molecule has 0 spiro atoms. The molecule has 2 N–H and O–H groups in total. The number of phenols is 2. The molecule has 0 amide bonds. The van der Waals surface area contributed by atoms with Crippen LogP contribution < -0.4 is 0 Å². The first-order chi connectivity index (χ1) is 13.6. The zero-order valence-electron chi connectivity index (χ0n) is 14.9. The first-order valence-corrected chi connectivity index (χ1v) is 9.39. The molecule has 136 valence electrons. The number of fused-ring (bicyclic) bond motifs is 3. The fourth-order valence-electron chi connectivity index (χ4n) is 3.88. The summed E-state index contributed by atoms with van der Waals surface area (Å²) in [5.41, 5.74) is 6.84. The fraction of sp³-hybridized carbons (Fsp3) is 0.0417. The highest BCUT2D eigenvalue weighted by atomic mass is 35.5. The molecule has 0 unspecified atom stereocenters. The van der Waals surface area contributed by atoms with E-state index in [-0.39, 0.29) is 11.5 Å². The largest absolute Gasteiger partial charge is 0.508 e. The van der Waals surface area contributed by atoms with Gasteiger partial charge in [0.1, 0.15) is 11.5 Å². The van der Waals surface area contributed by atoms with E-state index in [1.807, 2.05) is 54.6 Å². The Morgan fingerprint density at radius 3 is 2.14 bits per heavy atom. The molecule has 0 bridgehead atoms. The van der Waals surface area contributed by atoms with E-state index in [4.69, 9.17) is 16.6 Å². The third-order valence-electron chi connectivity index (χ3n) is 5.23. The lowest BCUT2D eigenvalue weighted by Crippen LogP contribution is -1.95. The number of halogens is 1. The van der Waals surface area contributed by atoms with E-state index in [9.17, 15) is 10.2 Å². The minimum absolute atomic E-state index is 0.175. The molecule has 1 aromatic heterocycles. The van der Waals surface area contributed by atoms with Crippen molar-refractivity contribution in [2.75, 3.05) is 0 Å². The van der Waals surface area contributed by atoms with Gasteiger partial charge in [-0.15, -0.1) is 0 Å². The first kappa shape index (κ1) is 16.8. The Labute approximate surface area is 167 Å². The number of pyridine rings is 1. The average Bonchev–Trinajstić information content (AvgIpc) is 3.08. The maximum Gasteiger partial charge on any atom is 0.124 e. The highest BCUT2D eigenvalue weighted by Gasteiger charge is 2.27. The minimum Gasteiger partial charge on any atom is -0.508 e. The third kappa shape index (κ3) is 2.55. The van der Waals surface area contributed by atoms with E-state index >= 15 is 0 Å². The van der Waals surface area contributed by atoms with E-state index in [2.05, 4.69) is 0 Å². The van der Waals surface area contributed by atoms with Crippen LogP contribution in [0.5, 0.6) is 11.5 Å². The molecule has 0 saturated carbocycles. The van der Waals surface area contributed by atoms with Crippen molar-refractivity contribution >= 4 is 11.6 Å². The van der Waals surface area contributed by atoms with Gasteiger partial charge in [0.05, 0.1) is 11.4 Å². The number of para-hydroxylation sites is 1. The van der Waals surface area contributed by atoms with E-state index in [0.717, 1.165) is 33.5 Å². The van der Waals surface area contributed by atoms with Gasteiger partial charge in [-0.05, 0) is 41.5 Å². The van der Waals surface area contributed by atoms with Crippen LogP contribution in [0.4, 0.5) is 0 Å². The summed E-state index contributed by atoms with van der Waals surface area (Å²) in [5.74, 6) is 0.443. The second kappa shape index (κ2) is 6.39. The van der Waals surface area contributed by atoms with Gasteiger partial charge in [-0.2, -0.15) is 0 Å². The summed E-state index contributed by atoms with van der Waals surface area (Å²) in [4.78, 5) is 4.87. The Hall–Kier alpha value is -3.30. The molecule has 0 saturated heterocycles. The Balaban J connectivity index is 1.84.